The standard InChI is InChI=1S/C8H9ClN2/c1-6(10)11-8-4-2-3-7(9)5-8/h2-5,11H,1,10H2. The smallest absolute Gasteiger partial charge is 0.0930 e. The van der Waals surface area contributed by atoms with Crippen molar-refractivity contribution in [2.75, 3.05) is 5.32 Å². The lowest BCUT2D eigenvalue weighted by Crippen LogP contribution is -2.06. The number of rotatable bonds is 2. The summed E-state index contributed by atoms with van der Waals surface area (Å²) in [7, 11) is 0. The first kappa shape index (κ1) is 7.95. The minimum absolute atomic E-state index is 0.410. The Morgan fingerprint density at radius 2 is 2.27 bits per heavy atom. The predicted molar refractivity (Wildman–Crippen MR) is 48.4 cm³/mol. The summed E-state index contributed by atoms with van der Waals surface area (Å²) in [5.74, 6) is 0.410. The van der Waals surface area contributed by atoms with Crippen LogP contribution < -0.4 is 11.1 Å². The number of nitrogens with two attached hydrogens (primary N) is 1. The molecule has 0 saturated heterocycles. The number of hydrogen-bond donors (Lipinski definition) is 2. The molecule has 58 valence electrons. The predicted octanol–water partition coefficient (Wildman–Crippen LogP) is 2.18. The van der Waals surface area contributed by atoms with Gasteiger partial charge in [0, 0.05) is 10.7 Å². The average Bonchev–Trinajstić information content (AvgIpc) is 1.85. The third kappa shape index (κ3) is 2.51. The van der Waals surface area contributed by atoms with Crippen LogP contribution in [-0.4, -0.2) is 0 Å². The quantitative estimate of drug-likeness (QED) is 0.711. The molecular weight excluding hydrogens is 160 g/mol. The lowest BCUT2D eigenvalue weighted by molar-refractivity contribution is 1.33. The van der Waals surface area contributed by atoms with Crippen molar-refractivity contribution in [3.05, 3.63) is 41.7 Å². The maximum atomic E-state index is 5.72. The first-order valence-corrected chi connectivity index (χ1v) is 3.53. The van der Waals surface area contributed by atoms with Crippen molar-refractivity contribution >= 4 is 17.3 Å². The highest BCUT2D eigenvalue weighted by Crippen LogP contribution is 2.14. The number of halogens is 1. The SMILES string of the molecule is C=C(N)Nc1cccc(Cl)c1. The van der Waals surface area contributed by atoms with E-state index in [1.54, 1.807) is 12.1 Å². The molecule has 0 amide bonds. The lowest BCUT2D eigenvalue weighted by atomic mass is 10.3. The van der Waals surface area contributed by atoms with Crippen LogP contribution in [0.4, 0.5) is 5.69 Å². The molecule has 3 N–H and O–H groups in total. The van der Waals surface area contributed by atoms with Crippen molar-refractivity contribution in [1.29, 1.82) is 0 Å². The molecule has 0 aliphatic carbocycles. The molecule has 3 heteroatoms. The monoisotopic (exact) mass is 168 g/mol. The second-order valence-electron chi connectivity index (χ2n) is 2.16. The van der Waals surface area contributed by atoms with Gasteiger partial charge in [-0.05, 0) is 18.2 Å². The van der Waals surface area contributed by atoms with E-state index in [2.05, 4.69) is 11.9 Å². The maximum Gasteiger partial charge on any atom is 0.0930 e. The van der Waals surface area contributed by atoms with Gasteiger partial charge in [-0.2, -0.15) is 0 Å². The fourth-order valence-electron chi connectivity index (χ4n) is 0.752. The summed E-state index contributed by atoms with van der Waals surface area (Å²) < 4.78 is 0. The number of benzene rings is 1. The van der Waals surface area contributed by atoms with E-state index in [1.165, 1.54) is 0 Å². The molecule has 1 aromatic carbocycles. The van der Waals surface area contributed by atoms with E-state index >= 15 is 0 Å². The first-order chi connectivity index (χ1) is 5.18. The van der Waals surface area contributed by atoms with Gasteiger partial charge in [-0.25, -0.2) is 0 Å². The van der Waals surface area contributed by atoms with Gasteiger partial charge in [0.05, 0.1) is 5.82 Å². The van der Waals surface area contributed by atoms with E-state index in [4.69, 9.17) is 17.3 Å². The van der Waals surface area contributed by atoms with E-state index in [9.17, 15) is 0 Å². The van der Waals surface area contributed by atoms with Crippen LogP contribution in [0.25, 0.3) is 0 Å². The van der Waals surface area contributed by atoms with Gasteiger partial charge in [0.2, 0.25) is 0 Å². The Balaban J connectivity index is 2.79. The molecule has 0 radical (unpaired) electrons. The van der Waals surface area contributed by atoms with E-state index in [0.717, 1.165) is 5.69 Å². The summed E-state index contributed by atoms with van der Waals surface area (Å²) in [6, 6.07) is 7.28. The lowest BCUT2D eigenvalue weighted by Gasteiger charge is -2.03. The van der Waals surface area contributed by atoms with Crippen LogP contribution in [0, 0.1) is 0 Å². The molecule has 0 saturated carbocycles. The zero-order valence-corrected chi connectivity index (χ0v) is 6.73. The van der Waals surface area contributed by atoms with E-state index < -0.39 is 0 Å². The van der Waals surface area contributed by atoms with Gasteiger partial charge < -0.3 is 11.1 Å². The fraction of sp³-hybridized carbons (Fsp3) is 0. The molecule has 0 aliphatic heterocycles. The van der Waals surface area contributed by atoms with Gasteiger partial charge in [-0.1, -0.05) is 24.2 Å². The second-order valence-corrected chi connectivity index (χ2v) is 2.60. The van der Waals surface area contributed by atoms with E-state index in [1.807, 2.05) is 12.1 Å². The highest BCUT2D eigenvalue weighted by molar-refractivity contribution is 6.30. The highest BCUT2D eigenvalue weighted by Gasteiger charge is 1.91. The van der Waals surface area contributed by atoms with Crippen LogP contribution in [0.3, 0.4) is 0 Å². The molecule has 0 unspecified atom stereocenters. The first-order valence-electron chi connectivity index (χ1n) is 3.15. The Bertz CT molecular complexity index is 271. The van der Waals surface area contributed by atoms with Crippen molar-refractivity contribution in [3.63, 3.8) is 0 Å². The Morgan fingerprint density at radius 3 is 2.82 bits per heavy atom. The molecule has 0 heterocycles. The fourth-order valence-corrected chi connectivity index (χ4v) is 0.942. The van der Waals surface area contributed by atoms with Crippen LogP contribution in [0.2, 0.25) is 5.02 Å². The zero-order valence-electron chi connectivity index (χ0n) is 5.97. The van der Waals surface area contributed by atoms with Crippen LogP contribution in [0.15, 0.2) is 36.7 Å². The third-order valence-corrected chi connectivity index (χ3v) is 1.36. The van der Waals surface area contributed by atoms with Crippen molar-refractivity contribution in [2.45, 2.75) is 0 Å². The third-order valence-electron chi connectivity index (χ3n) is 1.13. The normalized spacial score (nSPS) is 9.18. The number of hydrogen-bond acceptors (Lipinski definition) is 2. The van der Waals surface area contributed by atoms with E-state index in [-0.39, 0.29) is 0 Å². The van der Waals surface area contributed by atoms with Gasteiger partial charge >= 0.3 is 0 Å². The minimum atomic E-state index is 0.410. The molecular formula is C8H9ClN2. The molecule has 0 bridgehead atoms. The highest BCUT2D eigenvalue weighted by atomic mass is 35.5. The van der Waals surface area contributed by atoms with Crippen molar-refractivity contribution in [3.8, 4) is 0 Å². The van der Waals surface area contributed by atoms with Crippen LogP contribution in [0.1, 0.15) is 0 Å². The maximum absolute atomic E-state index is 5.72. The van der Waals surface area contributed by atoms with Crippen LogP contribution in [0.5, 0.6) is 0 Å². The average molecular weight is 169 g/mol. The second kappa shape index (κ2) is 3.30. The summed E-state index contributed by atoms with van der Waals surface area (Å²) in [4.78, 5) is 0. The molecule has 11 heavy (non-hydrogen) atoms. The topological polar surface area (TPSA) is 38.0 Å². The van der Waals surface area contributed by atoms with Crippen molar-refractivity contribution in [2.24, 2.45) is 5.73 Å². The minimum Gasteiger partial charge on any atom is -0.386 e. The summed E-state index contributed by atoms with van der Waals surface area (Å²) in [5.41, 5.74) is 6.18. The Hall–Kier alpha value is -1.15. The van der Waals surface area contributed by atoms with Gasteiger partial charge in [-0.3, -0.25) is 0 Å². The zero-order chi connectivity index (χ0) is 8.27. The van der Waals surface area contributed by atoms with Gasteiger partial charge in [0.15, 0.2) is 0 Å². The molecule has 0 fully saturated rings. The largest absolute Gasteiger partial charge is 0.386 e. The molecule has 0 aliphatic rings. The van der Waals surface area contributed by atoms with Gasteiger partial charge in [-0.15, -0.1) is 0 Å². The summed E-state index contributed by atoms with van der Waals surface area (Å²) >= 11 is 5.72. The molecule has 0 spiro atoms. The molecule has 0 aromatic heterocycles. The van der Waals surface area contributed by atoms with Crippen molar-refractivity contribution < 1.29 is 0 Å². The van der Waals surface area contributed by atoms with Crippen LogP contribution >= 0.6 is 11.6 Å². The molecule has 1 aromatic rings. The number of anilines is 1. The van der Waals surface area contributed by atoms with Crippen molar-refractivity contribution in [1.82, 2.24) is 0 Å². The van der Waals surface area contributed by atoms with Crippen LogP contribution in [-0.2, 0) is 0 Å². The molecule has 1 rings (SSSR count). The Morgan fingerprint density at radius 1 is 1.55 bits per heavy atom. The molecule has 0 atom stereocenters. The van der Waals surface area contributed by atoms with Gasteiger partial charge in [0.25, 0.3) is 0 Å². The Labute approximate surface area is 70.7 Å². The molecule has 2 nitrogen and oxygen atoms in total. The Kier molecular flexibility index (Phi) is 2.39. The summed E-state index contributed by atoms with van der Waals surface area (Å²) in [5, 5.41) is 3.52. The van der Waals surface area contributed by atoms with E-state index in [0.29, 0.717) is 10.8 Å². The van der Waals surface area contributed by atoms with Gasteiger partial charge in [0.1, 0.15) is 0 Å². The number of nitrogens with one attached hydrogen (secondary N) is 1. The summed E-state index contributed by atoms with van der Waals surface area (Å²) in [6.45, 7) is 3.50. The summed E-state index contributed by atoms with van der Waals surface area (Å²) in [6.07, 6.45) is 0.